The van der Waals surface area contributed by atoms with Crippen molar-refractivity contribution in [3.63, 3.8) is 0 Å². The predicted octanol–water partition coefficient (Wildman–Crippen LogP) is 3.38. The summed E-state index contributed by atoms with van der Waals surface area (Å²) in [6.07, 6.45) is 1.62. The second kappa shape index (κ2) is 6.05. The molecule has 0 spiro atoms. The number of pyridine rings is 1. The molecule has 22 heavy (non-hydrogen) atoms. The Balaban J connectivity index is 1.71. The highest BCUT2D eigenvalue weighted by Crippen LogP contribution is 2.11. The largest absolute Gasteiger partial charge is 0.478 e. The molecular formula is C17H13N3O2. The predicted molar refractivity (Wildman–Crippen MR) is 86.4 cm³/mol. The van der Waals surface area contributed by atoms with Crippen LogP contribution in [0.5, 0.6) is 0 Å². The maximum atomic E-state index is 10.8. The van der Waals surface area contributed by atoms with E-state index in [0.29, 0.717) is 5.69 Å². The number of hydrogen-bond donors (Lipinski definition) is 2. The van der Waals surface area contributed by atoms with E-state index in [2.05, 4.69) is 15.5 Å². The third-order valence-corrected chi connectivity index (χ3v) is 3.14. The first kappa shape index (κ1) is 13.8. The molecule has 0 bridgehead atoms. The Morgan fingerprint density at radius 3 is 2.59 bits per heavy atom. The molecule has 5 heteroatoms. The lowest BCUT2D eigenvalue weighted by Gasteiger charge is -2.01. The number of carbonyl (C=O) groups is 1. The summed E-state index contributed by atoms with van der Waals surface area (Å²) in [5.74, 6) is -0.949. The summed E-state index contributed by atoms with van der Waals surface area (Å²) in [5, 5.41) is 14.0. The van der Waals surface area contributed by atoms with Gasteiger partial charge in [0.05, 0.1) is 28.7 Å². The van der Waals surface area contributed by atoms with Crippen molar-refractivity contribution in [3.8, 4) is 0 Å². The van der Waals surface area contributed by atoms with E-state index in [4.69, 9.17) is 5.11 Å². The van der Waals surface area contributed by atoms with Gasteiger partial charge < -0.3 is 5.11 Å². The third-order valence-electron chi connectivity index (χ3n) is 3.14. The number of anilines is 1. The molecule has 3 rings (SSSR count). The Hall–Kier alpha value is -3.21. The lowest BCUT2D eigenvalue weighted by molar-refractivity contribution is 0.0697. The first-order chi connectivity index (χ1) is 10.7. The summed E-state index contributed by atoms with van der Waals surface area (Å²) in [6, 6.07) is 18.1. The van der Waals surface area contributed by atoms with Crippen LogP contribution in [0.1, 0.15) is 16.1 Å². The van der Waals surface area contributed by atoms with Gasteiger partial charge in [0, 0.05) is 5.39 Å². The van der Waals surface area contributed by atoms with E-state index in [-0.39, 0.29) is 5.56 Å². The van der Waals surface area contributed by atoms with Crippen LogP contribution in [0.4, 0.5) is 5.69 Å². The first-order valence-electron chi connectivity index (χ1n) is 6.70. The fourth-order valence-electron chi connectivity index (χ4n) is 2.01. The molecule has 0 saturated heterocycles. The molecule has 0 unspecified atom stereocenters. The number of carboxylic acid groups (broad SMARTS) is 1. The van der Waals surface area contributed by atoms with Gasteiger partial charge in [-0.25, -0.2) is 9.78 Å². The SMILES string of the molecule is O=C(O)c1ccc(N/N=C/c2ccc3ccccc3n2)cc1. The van der Waals surface area contributed by atoms with Crippen molar-refractivity contribution in [1.82, 2.24) is 4.98 Å². The maximum absolute atomic E-state index is 10.8. The molecule has 1 aromatic heterocycles. The van der Waals surface area contributed by atoms with Crippen molar-refractivity contribution in [1.29, 1.82) is 0 Å². The highest BCUT2D eigenvalue weighted by Gasteiger charge is 2.00. The van der Waals surface area contributed by atoms with Crippen molar-refractivity contribution >= 4 is 28.8 Å². The lowest BCUT2D eigenvalue weighted by atomic mass is 10.2. The quantitative estimate of drug-likeness (QED) is 0.571. The van der Waals surface area contributed by atoms with Gasteiger partial charge in [-0.05, 0) is 36.4 Å². The van der Waals surface area contributed by atoms with Crippen molar-refractivity contribution in [3.05, 3.63) is 71.9 Å². The van der Waals surface area contributed by atoms with Crippen molar-refractivity contribution < 1.29 is 9.90 Å². The molecule has 0 fully saturated rings. The number of aromatic carboxylic acids is 1. The monoisotopic (exact) mass is 291 g/mol. The number of para-hydroxylation sites is 1. The Morgan fingerprint density at radius 1 is 1.05 bits per heavy atom. The molecule has 0 aliphatic carbocycles. The van der Waals surface area contributed by atoms with Crippen LogP contribution in [-0.4, -0.2) is 22.3 Å². The van der Waals surface area contributed by atoms with Gasteiger partial charge in [0.1, 0.15) is 0 Å². The van der Waals surface area contributed by atoms with Crippen molar-refractivity contribution in [2.45, 2.75) is 0 Å². The van der Waals surface area contributed by atoms with Gasteiger partial charge in [0.15, 0.2) is 0 Å². The molecule has 0 atom stereocenters. The topological polar surface area (TPSA) is 74.6 Å². The van der Waals surface area contributed by atoms with Gasteiger partial charge in [-0.3, -0.25) is 5.43 Å². The molecule has 0 saturated carbocycles. The van der Waals surface area contributed by atoms with Crippen LogP contribution in [0.2, 0.25) is 0 Å². The van der Waals surface area contributed by atoms with Crippen molar-refractivity contribution in [2.24, 2.45) is 5.10 Å². The second-order valence-electron chi connectivity index (χ2n) is 4.68. The highest BCUT2D eigenvalue weighted by molar-refractivity contribution is 5.88. The molecule has 0 radical (unpaired) electrons. The van der Waals surface area contributed by atoms with Crippen LogP contribution in [0.3, 0.4) is 0 Å². The van der Waals surface area contributed by atoms with E-state index >= 15 is 0 Å². The zero-order valence-corrected chi connectivity index (χ0v) is 11.6. The Morgan fingerprint density at radius 2 is 1.82 bits per heavy atom. The normalized spacial score (nSPS) is 10.9. The zero-order valence-electron chi connectivity index (χ0n) is 11.6. The summed E-state index contributed by atoms with van der Waals surface area (Å²) in [6.45, 7) is 0. The van der Waals surface area contributed by atoms with Crippen LogP contribution >= 0.6 is 0 Å². The first-order valence-corrected chi connectivity index (χ1v) is 6.70. The molecule has 1 heterocycles. The van der Waals surface area contributed by atoms with E-state index in [9.17, 15) is 4.79 Å². The van der Waals surface area contributed by atoms with Crippen LogP contribution in [0.15, 0.2) is 65.8 Å². The number of benzene rings is 2. The minimum atomic E-state index is -0.949. The summed E-state index contributed by atoms with van der Waals surface area (Å²) in [4.78, 5) is 15.2. The minimum Gasteiger partial charge on any atom is -0.478 e. The minimum absolute atomic E-state index is 0.241. The van der Waals surface area contributed by atoms with E-state index < -0.39 is 5.97 Å². The number of rotatable bonds is 4. The van der Waals surface area contributed by atoms with E-state index in [1.165, 1.54) is 12.1 Å². The fraction of sp³-hybridized carbons (Fsp3) is 0. The Kier molecular flexibility index (Phi) is 3.78. The molecular weight excluding hydrogens is 278 g/mol. The molecule has 3 aromatic rings. The Bertz CT molecular complexity index is 842. The smallest absolute Gasteiger partial charge is 0.335 e. The van der Waals surface area contributed by atoms with Crippen LogP contribution < -0.4 is 5.43 Å². The Labute approximate surface area is 126 Å². The standard InChI is InChI=1S/C17H13N3O2/c21-17(22)13-6-8-14(9-7-13)20-18-11-15-10-5-12-3-1-2-4-16(12)19-15/h1-11,20H,(H,21,22)/b18-11+. The zero-order chi connectivity index (χ0) is 15.4. The van der Waals surface area contributed by atoms with Crippen LogP contribution in [0, 0.1) is 0 Å². The number of nitrogens with one attached hydrogen (secondary N) is 1. The van der Waals surface area contributed by atoms with Crippen LogP contribution in [-0.2, 0) is 0 Å². The lowest BCUT2D eigenvalue weighted by Crippen LogP contribution is -1.97. The summed E-state index contributed by atoms with van der Waals surface area (Å²) < 4.78 is 0. The van der Waals surface area contributed by atoms with Crippen LogP contribution in [0.25, 0.3) is 10.9 Å². The second-order valence-corrected chi connectivity index (χ2v) is 4.68. The molecule has 2 aromatic carbocycles. The average Bonchev–Trinajstić information content (AvgIpc) is 2.55. The fourth-order valence-corrected chi connectivity index (χ4v) is 2.01. The number of hydrazone groups is 1. The van der Waals surface area contributed by atoms with Gasteiger partial charge in [-0.1, -0.05) is 24.3 Å². The number of nitrogens with zero attached hydrogens (tertiary/aromatic N) is 2. The van der Waals surface area contributed by atoms with E-state index in [1.54, 1.807) is 18.3 Å². The van der Waals surface area contributed by atoms with Gasteiger partial charge in [-0.15, -0.1) is 0 Å². The molecule has 5 nitrogen and oxygen atoms in total. The molecule has 0 amide bonds. The van der Waals surface area contributed by atoms with Crippen molar-refractivity contribution in [2.75, 3.05) is 5.43 Å². The molecule has 0 aliphatic heterocycles. The highest BCUT2D eigenvalue weighted by atomic mass is 16.4. The number of hydrogen-bond acceptors (Lipinski definition) is 4. The molecule has 2 N–H and O–H groups in total. The van der Waals surface area contributed by atoms with Gasteiger partial charge in [-0.2, -0.15) is 5.10 Å². The summed E-state index contributed by atoms with van der Waals surface area (Å²) in [7, 11) is 0. The third kappa shape index (κ3) is 3.09. The molecule has 0 aliphatic rings. The molecule has 108 valence electrons. The van der Waals surface area contributed by atoms with E-state index in [0.717, 1.165) is 16.6 Å². The number of aromatic nitrogens is 1. The summed E-state index contributed by atoms with van der Waals surface area (Å²) in [5.41, 5.74) is 5.45. The maximum Gasteiger partial charge on any atom is 0.335 e. The van der Waals surface area contributed by atoms with Gasteiger partial charge in [0.25, 0.3) is 0 Å². The number of fused-ring (bicyclic) bond motifs is 1. The van der Waals surface area contributed by atoms with Gasteiger partial charge >= 0.3 is 5.97 Å². The van der Waals surface area contributed by atoms with E-state index in [1.807, 2.05) is 36.4 Å². The van der Waals surface area contributed by atoms with Gasteiger partial charge in [0.2, 0.25) is 0 Å². The number of carboxylic acids is 1. The summed E-state index contributed by atoms with van der Waals surface area (Å²) >= 11 is 0. The average molecular weight is 291 g/mol.